The maximum Gasteiger partial charge on any atom is 0.275 e. The van der Waals surface area contributed by atoms with E-state index in [0.717, 1.165) is 11.9 Å². The van der Waals surface area contributed by atoms with Crippen molar-refractivity contribution < 1.29 is 8.42 Å². The van der Waals surface area contributed by atoms with E-state index in [1.54, 1.807) is 12.3 Å². The molecular weight excluding hydrogens is 326 g/mol. The highest BCUT2D eigenvalue weighted by Crippen LogP contribution is 2.19. The topological polar surface area (TPSA) is 72.3 Å². The Morgan fingerprint density at radius 2 is 2.08 bits per heavy atom. The molecule has 2 aromatic rings. The van der Waals surface area contributed by atoms with Crippen molar-refractivity contribution in [2.45, 2.75) is 33.0 Å². The maximum atomic E-state index is 12.6. The van der Waals surface area contributed by atoms with Gasteiger partial charge in [-0.3, -0.25) is 9.69 Å². The Bertz CT molecular complexity index is 889. The Hall–Kier alpha value is -1.73. The number of rotatable bonds is 5. The van der Waals surface area contributed by atoms with Gasteiger partial charge in [0.2, 0.25) is 0 Å². The molecule has 0 N–H and O–H groups in total. The molecule has 0 amide bonds. The van der Waals surface area contributed by atoms with E-state index in [1.165, 1.54) is 4.68 Å². The molecule has 0 spiro atoms. The van der Waals surface area contributed by atoms with Gasteiger partial charge in [0.25, 0.3) is 5.56 Å². The van der Waals surface area contributed by atoms with Gasteiger partial charge in [-0.2, -0.15) is 5.10 Å². The van der Waals surface area contributed by atoms with Crippen LogP contribution in [0.1, 0.15) is 20.3 Å². The first kappa shape index (κ1) is 17.1. The zero-order valence-corrected chi connectivity index (χ0v) is 14.9. The largest absolute Gasteiger partial charge is 0.280 e. The van der Waals surface area contributed by atoms with Gasteiger partial charge >= 0.3 is 0 Å². The van der Waals surface area contributed by atoms with E-state index in [9.17, 15) is 13.2 Å². The lowest BCUT2D eigenvalue weighted by Crippen LogP contribution is -2.42. The van der Waals surface area contributed by atoms with E-state index in [1.807, 2.05) is 18.2 Å². The Balaban J connectivity index is 1.90. The van der Waals surface area contributed by atoms with Crippen molar-refractivity contribution in [1.82, 2.24) is 14.7 Å². The van der Waals surface area contributed by atoms with Crippen LogP contribution >= 0.6 is 0 Å². The Labute approximate surface area is 142 Å². The standard InChI is InChI=1S/C17H23N3O3S/c1-13(2)10-19(15-7-8-24(22,23)11-15)12-20-17(21)16-6-4-3-5-14(16)9-18-20/h3-6,9,13,15H,7-8,10-12H2,1-2H3. The molecule has 0 radical (unpaired) electrons. The van der Waals surface area contributed by atoms with Crippen LogP contribution in [-0.2, 0) is 16.5 Å². The normalized spacial score (nSPS) is 20.2. The third kappa shape index (κ3) is 3.67. The first-order chi connectivity index (χ1) is 11.4. The molecule has 1 aromatic heterocycles. The number of fused-ring (bicyclic) bond motifs is 1. The molecule has 0 aliphatic carbocycles. The number of aromatic nitrogens is 2. The molecule has 2 heterocycles. The van der Waals surface area contributed by atoms with Crippen LogP contribution in [0.15, 0.2) is 35.3 Å². The van der Waals surface area contributed by atoms with Crippen molar-refractivity contribution >= 4 is 20.6 Å². The fraction of sp³-hybridized carbons (Fsp3) is 0.529. The summed E-state index contributed by atoms with van der Waals surface area (Å²) in [5.41, 5.74) is -0.136. The van der Waals surface area contributed by atoms with Crippen LogP contribution in [0.25, 0.3) is 10.8 Å². The zero-order valence-electron chi connectivity index (χ0n) is 14.1. The fourth-order valence-electron chi connectivity index (χ4n) is 3.26. The van der Waals surface area contributed by atoms with Crippen molar-refractivity contribution in [1.29, 1.82) is 0 Å². The van der Waals surface area contributed by atoms with Crippen molar-refractivity contribution in [3.8, 4) is 0 Å². The van der Waals surface area contributed by atoms with E-state index < -0.39 is 9.84 Å². The van der Waals surface area contributed by atoms with Gasteiger partial charge in [-0.1, -0.05) is 32.0 Å². The molecule has 7 heteroatoms. The van der Waals surface area contributed by atoms with Crippen LogP contribution in [-0.4, -0.2) is 47.2 Å². The minimum Gasteiger partial charge on any atom is -0.280 e. The summed E-state index contributed by atoms with van der Waals surface area (Å²) >= 11 is 0. The monoisotopic (exact) mass is 349 g/mol. The van der Waals surface area contributed by atoms with Crippen molar-refractivity contribution in [3.05, 3.63) is 40.8 Å². The highest BCUT2D eigenvalue weighted by atomic mass is 32.2. The second kappa shape index (κ2) is 6.64. The van der Waals surface area contributed by atoms with Crippen LogP contribution in [0.2, 0.25) is 0 Å². The quantitative estimate of drug-likeness (QED) is 0.818. The molecule has 0 saturated carbocycles. The molecule has 1 saturated heterocycles. The minimum atomic E-state index is -2.96. The average molecular weight is 349 g/mol. The summed E-state index contributed by atoms with van der Waals surface area (Å²) in [4.78, 5) is 14.7. The summed E-state index contributed by atoms with van der Waals surface area (Å²) in [7, 11) is -2.96. The molecule has 1 aromatic carbocycles. The first-order valence-electron chi connectivity index (χ1n) is 8.25. The number of sulfone groups is 1. The van der Waals surface area contributed by atoms with Gasteiger partial charge in [-0.25, -0.2) is 13.1 Å². The molecule has 1 atom stereocenters. The van der Waals surface area contributed by atoms with Crippen LogP contribution in [0.5, 0.6) is 0 Å². The van der Waals surface area contributed by atoms with E-state index >= 15 is 0 Å². The lowest BCUT2D eigenvalue weighted by molar-refractivity contribution is 0.135. The fourth-order valence-corrected chi connectivity index (χ4v) is 5.02. The molecule has 130 valence electrons. The summed E-state index contributed by atoms with van der Waals surface area (Å²) in [5, 5.41) is 5.73. The highest BCUT2D eigenvalue weighted by molar-refractivity contribution is 7.91. The molecule has 3 rings (SSSR count). The number of hydrogen-bond donors (Lipinski definition) is 0. The van der Waals surface area contributed by atoms with Gasteiger partial charge in [0.15, 0.2) is 9.84 Å². The van der Waals surface area contributed by atoms with Crippen LogP contribution in [0.3, 0.4) is 0 Å². The van der Waals surface area contributed by atoms with Gasteiger partial charge < -0.3 is 0 Å². The molecule has 1 aliphatic heterocycles. The van der Waals surface area contributed by atoms with E-state index in [-0.39, 0.29) is 23.1 Å². The summed E-state index contributed by atoms with van der Waals surface area (Å²) in [5.74, 6) is 0.776. The third-order valence-electron chi connectivity index (χ3n) is 4.40. The van der Waals surface area contributed by atoms with Crippen molar-refractivity contribution in [2.24, 2.45) is 5.92 Å². The predicted octanol–water partition coefficient (Wildman–Crippen LogP) is 1.50. The van der Waals surface area contributed by atoms with E-state index in [2.05, 4.69) is 23.8 Å². The summed E-state index contributed by atoms with van der Waals surface area (Å²) < 4.78 is 25.1. The molecular formula is C17H23N3O3S. The molecule has 24 heavy (non-hydrogen) atoms. The number of benzene rings is 1. The lowest BCUT2D eigenvalue weighted by atomic mass is 10.1. The minimum absolute atomic E-state index is 0.0439. The van der Waals surface area contributed by atoms with Gasteiger partial charge in [-0.05, 0) is 18.4 Å². The SMILES string of the molecule is CC(C)CN(Cn1ncc2ccccc2c1=O)C1CCS(=O)(=O)C1. The Kier molecular flexibility index (Phi) is 4.73. The highest BCUT2D eigenvalue weighted by Gasteiger charge is 2.32. The first-order valence-corrected chi connectivity index (χ1v) is 10.1. The third-order valence-corrected chi connectivity index (χ3v) is 6.15. The second-order valence-corrected chi connectivity index (χ2v) is 9.13. The van der Waals surface area contributed by atoms with Gasteiger partial charge in [0.05, 0.1) is 29.8 Å². The van der Waals surface area contributed by atoms with Crippen molar-refractivity contribution in [2.75, 3.05) is 18.1 Å². The Morgan fingerprint density at radius 3 is 2.75 bits per heavy atom. The molecule has 1 fully saturated rings. The number of nitrogens with zero attached hydrogens (tertiary/aromatic N) is 3. The number of hydrogen-bond acceptors (Lipinski definition) is 5. The van der Waals surface area contributed by atoms with Gasteiger partial charge in [-0.15, -0.1) is 0 Å². The van der Waals surface area contributed by atoms with Crippen LogP contribution < -0.4 is 5.56 Å². The molecule has 1 unspecified atom stereocenters. The summed E-state index contributed by atoms with van der Waals surface area (Å²) in [6, 6.07) is 7.33. The van der Waals surface area contributed by atoms with Crippen LogP contribution in [0, 0.1) is 5.92 Å². The van der Waals surface area contributed by atoms with E-state index in [4.69, 9.17) is 0 Å². The second-order valence-electron chi connectivity index (χ2n) is 6.90. The van der Waals surface area contributed by atoms with Crippen molar-refractivity contribution in [3.63, 3.8) is 0 Å². The predicted molar refractivity (Wildman–Crippen MR) is 94.6 cm³/mol. The van der Waals surface area contributed by atoms with Crippen LogP contribution in [0.4, 0.5) is 0 Å². The van der Waals surface area contributed by atoms with E-state index in [0.29, 0.717) is 24.4 Å². The van der Waals surface area contributed by atoms with Gasteiger partial charge in [0, 0.05) is 18.0 Å². The molecule has 6 nitrogen and oxygen atoms in total. The Morgan fingerprint density at radius 1 is 1.33 bits per heavy atom. The summed E-state index contributed by atoms with van der Waals surface area (Å²) in [6.45, 7) is 5.24. The maximum absolute atomic E-state index is 12.6. The van der Waals surface area contributed by atoms with Gasteiger partial charge in [0.1, 0.15) is 0 Å². The average Bonchev–Trinajstić information content (AvgIpc) is 2.89. The zero-order chi connectivity index (χ0) is 17.3. The lowest BCUT2D eigenvalue weighted by Gasteiger charge is -2.29. The smallest absolute Gasteiger partial charge is 0.275 e. The summed E-state index contributed by atoms with van der Waals surface area (Å²) in [6.07, 6.45) is 2.31. The molecule has 1 aliphatic rings. The molecule has 0 bridgehead atoms.